The van der Waals surface area contributed by atoms with Crippen LogP contribution in [0.25, 0.3) is 0 Å². The molecule has 0 radical (unpaired) electrons. The Kier molecular flexibility index (Phi) is 7.78. The molecule has 0 aromatic heterocycles. The fourth-order valence-electron chi connectivity index (χ4n) is 2.15. The molecule has 0 bridgehead atoms. The first kappa shape index (κ1) is 17.1. The number of benzene rings is 1. The maximum absolute atomic E-state index is 13.2. The Labute approximate surface area is 122 Å². The minimum atomic E-state index is -0.156. The molecule has 0 aliphatic heterocycles. The van der Waals surface area contributed by atoms with Crippen molar-refractivity contribution in [2.24, 2.45) is 5.92 Å². The molecule has 0 heterocycles. The van der Waals surface area contributed by atoms with Gasteiger partial charge in [0.2, 0.25) is 0 Å². The molecule has 0 amide bonds. The van der Waals surface area contributed by atoms with Crippen molar-refractivity contribution in [3.8, 4) is 0 Å². The molecule has 1 unspecified atom stereocenters. The normalized spacial score (nSPS) is 13.2. The minimum absolute atomic E-state index is 0.156. The summed E-state index contributed by atoms with van der Waals surface area (Å²) < 4.78 is 18.9. The fourth-order valence-corrected chi connectivity index (χ4v) is 2.15. The van der Waals surface area contributed by atoms with Gasteiger partial charge in [0.15, 0.2) is 0 Å². The SMILES string of the molecule is CC(C)NCC(CCOC(C)C)Cc1cccc(F)c1. The van der Waals surface area contributed by atoms with Crippen molar-refractivity contribution in [3.63, 3.8) is 0 Å². The van der Waals surface area contributed by atoms with Crippen molar-refractivity contribution in [2.75, 3.05) is 13.2 Å². The number of ether oxygens (including phenoxy) is 1. The largest absolute Gasteiger partial charge is 0.379 e. The van der Waals surface area contributed by atoms with Crippen molar-refractivity contribution in [2.45, 2.75) is 52.7 Å². The molecule has 0 aliphatic carbocycles. The Morgan fingerprint density at radius 2 is 1.95 bits per heavy atom. The predicted molar refractivity (Wildman–Crippen MR) is 82.4 cm³/mol. The highest BCUT2D eigenvalue weighted by Gasteiger charge is 2.11. The average molecular weight is 281 g/mol. The van der Waals surface area contributed by atoms with Gasteiger partial charge in [-0.2, -0.15) is 0 Å². The van der Waals surface area contributed by atoms with Crippen molar-refractivity contribution < 1.29 is 9.13 Å². The van der Waals surface area contributed by atoms with Crippen LogP contribution in [0.4, 0.5) is 4.39 Å². The second kappa shape index (κ2) is 9.09. The van der Waals surface area contributed by atoms with E-state index in [1.54, 1.807) is 12.1 Å². The van der Waals surface area contributed by atoms with Gasteiger partial charge < -0.3 is 10.1 Å². The molecule has 0 saturated carbocycles. The summed E-state index contributed by atoms with van der Waals surface area (Å²) in [5.74, 6) is 0.314. The van der Waals surface area contributed by atoms with Gasteiger partial charge in [-0.15, -0.1) is 0 Å². The van der Waals surface area contributed by atoms with Crippen molar-refractivity contribution >= 4 is 0 Å². The van der Waals surface area contributed by atoms with E-state index in [0.717, 1.165) is 31.6 Å². The lowest BCUT2D eigenvalue weighted by molar-refractivity contribution is 0.0681. The Bertz CT molecular complexity index is 379. The third-order valence-corrected chi connectivity index (χ3v) is 3.21. The van der Waals surface area contributed by atoms with Crippen LogP contribution in [0, 0.1) is 11.7 Å². The summed E-state index contributed by atoms with van der Waals surface area (Å²) in [6, 6.07) is 7.37. The molecule has 2 nitrogen and oxygen atoms in total. The molecule has 0 saturated heterocycles. The number of hydrogen-bond donors (Lipinski definition) is 1. The molecule has 0 fully saturated rings. The van der Waals surface area contributed by atoms with Gasteiger partial charge in [0.25, 0.3) is 0 Å². The number of nitrogens with one attached hydrogen (secondary N) is 1. The number of hydrogen-bond acceptors (Lipinski definition) is 2. The third-order valence-electron chi connectivity index (χ3n) is 3.21. The molecule has 114 valence electrons. The van der Waals surface area contributed by atoms with E-state index in [-0.39, 0.29) is 11.9 Å². The fraction of sp³-hybridized carbons (Fsp3) is 0.647. The van der Waals surface area contributed by atoms with Crippen LogP contribution in [0.5, 0.6) is 0 Å². The Balaban J connectivity index is 2.52. The summed E-state index contributed by atoms with van der Waals surface area (Å²) in [5.41, 5.74) is 1.06. The van der Waals surface area contributed by atoms with Crippen LogP contribution in [0.1, 0.15) is 39.7 Å². The van der Waals surface area contributed by atoms with Gasteiger partial charge in [0.05, 0.1) is 6.10 Å². The highest BCUT2D eigenvalue weighted by molar-refractivity contribution is 5.16. The Hall–Kier alpha value is -0.930. The topological polar surface area (TPSA) is 21.3 Å². The molecule has 0 aliphatic rings. The second-order valence-corrected chi connectivity index (χ2v) is 5.97. The summed E-state index contributed by atoms with van der Waals surface area (Å²) in [6.07, 6.45) is 2.15. The maximum Gasteiger partial charge on any atom is 0.123 e. The lowest BCUT2D eigenvalue weighted by atomic mass is 9.96. The van der Waals surface area contributed by atoms with E-state index in [4.69, 9.17) is 4.74 Å². The highest BCUT2D eigenvalue weighted by Crippen LogP contribution is 2.14. The Morgan fingerprint density at radius 3 is 2.55 bits per heavy atom. The molecule has 1 rings (SSSR count). The minimum Gasteiger partial charge on any atom is -0.379 e. The van der Waals surface area contributed by atoms with E-state index in [9.17, 15) is 4.39 Å². The quantitative estimate of drug-likeness (QED) is 0.743. The third kappa shape index (κ3) is 7.61. The first-order chi connectivity index (χ1) is 9.47. The number of halogens is 1. The average Bonchev–Trinajstić information content (AvgIpc) is 2.35. The molecule has 1 aromatic carbocycles. The van der Waals surface area contributed by atoms with E-state index in [0.29, 0.717) is 12.0 Å². The molecular weight excluding hydrogens is 253 g/mol. The van der Waals surface area contributed by atoms with E-state index in [1.165, 1.54) is 6.07 Å². The van der Waals surface area contributed by atoms with Crippen LogP contribution in [-0.4, -0.2) is 25.3 Å². The summed E-state index contributed by atoms with van der Waals surface area (Å²) in [5, 5.41) is 3.47. The zero-order valence-electron chi connectivity index (χ0n) is 13.2. The van der Waals surface area contributed by atoms with Crippen LogP contribution < -0.4 is 5.32 Å². The molecule has 0 spiro atoms. The number of rotatable bonds is 9. The summed E-state index contributed by atoms with van der Waals surface area (Å²) >= 11 is 0. The lowest BCUT2D eigenvalue weighted by Crippen LogP contribution is -2.30. The molecule has 1 aromatic rings. The van der Waals surface area contributed by atoms with Crippen LogP contribution in [-0.2, 0) is 11.2 Å². The van der Waals surface area contributed by atoms with Gasteiger partial charge in [0, 0.05) is 12.6 Å². The van der Waals surface area contributed by atoms with Crippen LogP contribution in [0.3, 0.4) is 0 Å². The zero-order chi connectivity index (χ0) is 15.0. The van der Waals surface area contributed by atoms with Gasteiger partial charge in [-0.25, -0.2) is 4.39 Å². The van der Waals surface area contributed by atoms with Gasteiger partial charge >= 0.3 is 0 Å². The summed E-state index contributed by atoms with van der Waals surface area (Å²) in [4.78, 5) is 0. The summed E-state index contributed by atoms with van der Waals surface area (Å²) in [7, 11) is 0. The lowest BCUT2D eigenvalue weighted by Gasteiger charge is -2.20. The van der Waals surface area contributed by atoms with E-state index in [2.05, 4.69) is 19.2 Å². The molecule has 20 heavy (non-hydrogen) atoms. The monoisotopic (exact) mass is 281 g/mol. The van der Waals surface area contributed by atoms with Crippen LogP contribution in [0.2, 0.25) is 0 Å². The van der Waals surface area contributed by atoms with Crippen LogP contribution in [0.15, 0.2) is 24.3 Å². The first-order valence-corrected chi connectivity index (χ1v) is 7.56. The maximum atomic E-state index is 13.2. The van der Waals surface area contributed by atoms with Crippen molar-refractivity contribution in [3.05, 3.63) is 35.6 Å². The Morgan fingerprint density at radius 1 is 1.20 bits per heavy atom. The predicted octanol–water partition coefficient (Wildman–Crippen LogP) is 3.80. The van der Waals surface area contributed by atoms with Gasteiger partial charge in [-0.1, -0.05) is 26.0 Å². The van der Waals surface area contributed by atoms with Crippen molar-refractivity contribution in [1.82, 2.24) is 5.32 Å². The molecular formula is C17H28FNO. The van der Waals surface area contributed by atoms with Gasteiger partial charge in [0.1, 0.15) is 5.82 Å². The standard InChI is InChI=1S/C17H28FNO/c1-13(2)19-12-16(8-9-20-14(3)4)10-15-6-5-7-17(18)11-15/h5-7,11,13-14,16,19H,8-10,12H2,1-4H3. The van der Waals surface area contributed by atoms with E-state index < -0.39 is 0 Å². The van der Waals surface area contributed by atoms with E-state index >= 15 is 0 Å². The van der Waals surface area contributed by atoms with Gasteiger partial charge in [-0.05, 0) is 56.8 Å². The molecule has 1 N–H and O–H groups in total. The smallest absolute Gasteiger partial charge is 0.123 e. The van der Waals surface area contributed by atoms with Gasteiger partial charge in [-0.3, -0.25) is 0 Å². The second-order valence-electron chi connectivity index (χ2n) is 5.97. The first-order valence-electron chi connectivity index (χ1n) is 7.56. The van der Waals surface area contributed by atoms with Crippen molar-refractivity contribution in [1.29, 1.82) is 0 Å². The van der Waals surface area contributed by atoms with Crippen LogP contribution >= 0.6 is 0 Å². The zero-order valence-corrected chi connectivity index (χ0v) is 13.2. The molecule has 1 atom stereocenters. The molecule has 3 heteroatoms. The van der Waals surface area contributed by atoms with E-state index in [1.807, 2.05) is 19.9 Å². The highest BCUT2D eigenvalue weighted by atomic mass is 19.1. The summed E-state index contributed by atoms with van der Waals surface area (Å²) in [6.45, 7) is 10.1.